The van der Waals surface area contributed by atoms with Gasteiger partial charge in [0.15, 0.2) is 6.61 Å². The number of hydrogen-bond donors (Lipinski definition) is 1. The lowest BCUT2D eigenvalue weighted by Crippen LogP contribution is -2.38. The minimum atomic E-state index is -0.535. The van der Waals surface area contributed by atoms with Crippen molar-refractivity contribution in [2.45, 2.75) is 43.9 Å². The Morgan fingerprint density at radius 3 is 2.40 bits per heavy atom. The number of ether oxygens (including phenoxy) is 1. The van der Waals surface area contributed by atoms with Gasteiger partial charge in [0.2, 0.25) is 5.91 Å². The van der Waals surface area contributed by atoms with E-state index < -0.39 is 5.41 Å². The van der Waals surface area contributed by atoms with Crippen molar-refractivity contribution < 1.29 is 14.3 Å². The van der Waals surface area contributed by atoms with E-state index in [1.54, 1.807) is 12.1 Å². The standard InChI is InChI=1S/C24H27ClN2O3/c25-19-10-8-18(9-11-19)24(12-1-2-13-24)23(29)26-20-6-5-7-21(16-20)30-17-22(28)27-14-3-4-15-27/h5-11,16H,1-4,12-15,17H2,(H,26,29). The molecule has 1 saturated heterocycles. The predicted molar refractivity (Wildman–Crippen MR) is 118 cm³/mol. The van der Waals surface area contributed by atoms with Gasteiger partial charge in [-0.3, -0.25) is 9.59 Å². The molecule has 30 heavy (non-hydrogen) atoms. The second kappa shape index (κ2) is 9.09. The van der Waals surface area contributed by atoms with Crippen LogP contribution in [0.15, 0.2) is 48.5 Å². The van der Waals surface area contributed by atoms with E-state index in [-0.39, 0.29) is 18.4 Å². The molecule has 0 aromatic heterocycles. The number of hydrogen-bond acceptors (Lipinski definition) is 3. The normalized spacial score (nSPS) is 17.7. The van der Waals surface area contributed by atoms with E-state index in [0.29, 0.717) is 16.5 Å². The lowest BCUT2D eigenvalue weighted by Gasteiger charge is -2.28. The molecule has 0 bridgehead atoms. The number of carbonyl (C=O) groups is 2. The number of halogens is 1. The summed E-state index contributed by atoms with van der Waals surface area (Å²) in [6, 6.07) is 14.9. The second-order valence-corrected chi connectivity index (χ2v) is 8.59. The Labute approximate surface area is 182 Å². The van der Waals surface area contributed by atoms with E-state index in [1.165, 1.54) is 0 Å². The van der Waals surface area contributed by atoms with Crippen LogP contribution in [0.1, 0.15) is 44.1 Å². The van der Waals surface area contributed by atoms with Crippen LogP contribution in [-0.4, -0.2) is 36.4 Å². The van der Waals surface area contributed by atoms with Crippen molar-refractivity contribution >= 4 is 29.1 Å². The molecule has 0 unspecified atom stereocenters. The van der Waals surface area contributed by atoms with Crippen LogP contribution in [0.2, 0.25) is 5.02 Å². The first-order chi connectivity index (χ1) is 14.6. The zero-order valence-electron chi connectivity index (χ0n) is 17.0. The number of nitrogens with one attached hydrogen (secondary N) is 1. The highest BCUT2D eigenvalue weighted by Crippen LogP contribution is 2.42. The third-order valence-corrected chi connectivity index (χ3v) is 6.45. The second-order valence-electron chi connectivity index (χ2n) is 8.15. The van der Waals surface area contributed by atoms with Crippen molar-refractivity contribution in [1.29, 1.82) is 0 Å². The highest BCUT2D eigenvalue weighted by Gasteiger charge is 2.42. The summed E-state index contributed by atoms with van der Waals surface area (Å²) in [5.74, 6) is 0.578. The van der Waals surface area contributed by atoms with Crippen LogP contribution in [0.25, 0.3) is 0 Å². The molecule has 2 aliphatic rings. The minimum absolute atomic E-state index is 0.00684. The molecule has 1 aliphatic heterocycles. The summed E-state index contributed by atoms with van der Waals surface area (Å²) in [6.07, 6.45) is 5.81. The summed E-state index contributed by atoms with van der Waals surface area (Å²) in [4.78, 5) is 27.4. The molecule has 2 aromatic rings. The summed E-state index contributed by atoms with van der Waals surface area (Å²) in [5, 5.41) is 3.74. The average molecular weight is 427 g/mol. The summed E-state index contributed by atoms with van der Waals surface area (Å²) >= 11 is 6.04. The molecule has 2 aromatic carbocycles. The van der Waals surface area contributed by atoms with Crippen LogP contribution in [0.5, 0.6) is 5.75 Å². The average Bonchev–Trinajstić information content (AvgIpc) is 3.46. The largest absolute Gasteiger partial charge is 0.484 e. The first-order valence-corrected chi connectivity index (χ1v) is 11.0. The molecule has 1 aliphatic carbocycles. The Bertz CT molecular complexity index is 901. The lowest BCUT2D eigenvalue weighted by atomic mass is 9.78. The zero-order valence-corrected chi connectivity index (χ0v) is 17.8. The van der Waals surface area contributed by atoms with Crippen molar-refractivity contribution in [3.8, 4) is 5.75 Å². The summed E-state index contributed by atoms with van der Waals surface area (Å²) in [6.45, 7) is 1.64. The van der Waals surface area contributed by atoms with Gasteiger partial charge in [0, 0.05) is 29.9 Å². The molecule has 158 valence electrons. The molecule has 0 atom stereocenters. The van der Waals surface area contributed by atoms with Gasteiger partial charge in [-0.15, -0.1) is 0 Å². The highest BCUT2D eigenvalue weighted by atomic mass is 35.5. The minimum Gasteiger partial charge on any atom is -0.484 e. The van der Waals surface area contributed by atoms with E-state index in [1.807, 2.05) is 41.3 Å². The number of likely N-dealkylation sites (tertiary alicyclic amines) is 1. The Kier molecular flexibility index (Phi) is 6.28. The van der Waals surface area contributed by atoms with Gasteiger partial charge in [0.25, 0.3) is 5.91 Å². The number of carbonyl (C=O) groups excluding carboxylic acids is 2. The Morgan fingerprint density at radius 1 is 1.00 bits per heavy atom. The number of benzene rings is 2. The quantitative estimate of drug-likeness (QED) is 0.722. The van der Waals surface area contributed by atoms with E-state index in [9.17, 15) is 9.59 Å². The fraction of sp³-hybridized carbons (Fsp3) is 0.417. The lowest BCUT2D eigenvalue weighted by molar-refractivity contribution is -0.132. The van der Waals surface area contributed by atoms with Gasteiger partial charge in [-0.1, -0.05) is 42.6 Å². The van der Waals surface area contributed by atoms with Crippen molar-refractivity contribution in [3.05, 3.63) is 59.1 Å². The molecule has 6 heteroatoms. The van der Waals surface area contributed by atoms with Crippen LogP contribution in [-0.2, 0) is 15.0 Å². The maximum absolute atomic E-state index is 13.3. The molecule has 5 nitrogen and oxygen atoms in total. The van der Waals surface area contributed by atoms with Gasteiger partial charge in [-0.05, 0) is 55.5 Å². The molecule has 2 amide bonds. The summed E-state index contributed by atoms with van der Waals surface area (Å²) < 4.78 is 5.69. The molecule has 1 saturated carbocycles. The smallest absolute Gasteiger partial charge is 0.260 e. The fourth-order valence-electron chi connectivity index (χ4n) is 4.51. The number of nitrogens with zero attached hydrogens (tertiary/aromatic N) is 1. The molecule has 0 radical (unpaired) electrons. The molecule has 4 rings (SSSR count). The molecular weight excluding hydrogens is 400 g/mol. The third-order valence-electron chi connectivity index (χ3n) is 6.20. The number of anilines is 1. The topological polar surface area (TPSA) is 58.6 Å². The van der Waals surface area contributed by atoms with Crippen molar-refractivity contribution in [2.75, 3.05) is 25.0 Å². The van der Waals surface area contributed by atoms with Crippen molar-refractivity contribution in [2.24, 2.45) is 0 Å². The maximum atomic E-state index is 13.3. The van der Waals surface area contributed by atoms with Crippen molar-refractivity contribution in [1.82, 2.24) is 4.90 Å². The maximum Gasteiger partial charge on any atom is 0.260 e. The molecular formula is C24H27ClN2O3. The number of rotatable bonds is 6. The van der Waals surface area contributed by atoms with Crippen LogP contribution in [0.3, 0.4) is 0 Å². The van der Waals surface area contributed by atoms with Crippen LogP contribution >= 0.6 is 11.6 Å². The summed E-state index contributed by atoms with van der Waals surface area (Å²) in [5.41, 5.74) is 1.14. The third kappa shape index (κ3) is 4.46. The Morgan fingerprint density at radius 2 is 1.70 bits per heavy atom. The predicted octanol–water partition coefficient (Wildman–Crippen LogP) is 4.79. The van der Waals surface area contributed by atoms with E-state index >= 15 is 0 Å². The first-order valence-electron chi connectivity index (χ1n) is 10.6. The first kappa shape index (κ1) is 20.7. The van der Waals surface area contributed by atoms with E-state index in [2.05, 4.69) is 5.32 Å². The zero-order chi connectivity index (χ0) is 21.0. The highest BCUT2D eigenvalue weighted by molar-refractivity contribution is 6.30. The van der Waals surface area contributed by atoms with Gasteiger partial charge in [-0.25, -0.2) is 0 Å². The van der Waals surface area contributed by atoms with E-state index in [4.69, 9.17) is 16.3 Å². The van der Waals surface area contributed by atoms with Crippen molar-refractivity contribution in [3.63, 3.8) is 0 Å². The van der Waals surface area contributed by atoms with Gasteiger partial charge in [-0.2, -0.15) is 0 Å². The van der Waals surface area contributed by atoms with Gasteiger partial charge in [0.1, 0.15) is 5.75 Å². The molecule has 0 spiro atoms. The monoisotopic (exact) mass is 426 g/mol. The molecule has 2 fully saturated rings. The van der Waals surface area contributed by atoms with Gasteiger partial charge < -0.3 is 15.0 Å². The Balaban J connectivity index is 1.44. The Hall–Kier alpha value is -2.53. The van der Waals surface area contributed by atoms with Crippen LogP contribution in [0, 0.1) is 0 Å². The van der Waals surface area contributed by atoms with Gasteiger partial charge in [0.05, 0.1) is 5.41 Å². The van der Waals surface area contributed by atoms with Crippen LogP contribution in [0.4, 0.5) is 5.69 Å². The SMILES string of the molecule is O=C(COc1cccc(NC(=O)C2(c3ccc(Cl)cc3)CCCC2)c1)N1CCCC1. The fourth-order valence-corrected chi connectivity index (χ4v) is 4.64. The number of amides is 2. The van der Waals surface area contributed by atoms with Crippen LogP contribution < -0.4 is 10.1 Å². The molecule has 1 heterocycles. The van der Waals surface area contributed by atoms with E-state index in [0.717, 1.165) is 57.2 Å². The van der Waals surface area contributed by atoms with Gasteiger partial charge >= 0.3 is 0 Å². The molecule has 1 N–H and O–H groups in total. The summed E-state index contributed by atoms with van der Waals surface area (Å²) in [7, 11) is 0.